The van der Waals surface area contributed by atoms with Gasteiger partial charge in [-0.3, -0.25) is 4.79 Å². The van der Waals surface area contributed by atoms with Crippen LogP contribution in [0.4, 0.5) is 0 Å². The second-order valence-electron chi connectivity index (χ2n) is 6.40. The van der Waals surface area contributed by atoms with E-state index in [0.29, 0.717) is 35.8 Å². The summed E-state index contributed by atoms with van der Waals surface area (Å²) in [5.41, 5.74) is 1.37. The van der Waals surface area contributed by atoms with Crippen molar-refractivity contribution in [3.63, 3.8) is 0 Å². The Balaban J connectivity index is 1.62. The maximum atomic E-state index is 12.2. The van der Waals surface area contributed by atoms with Crippen LogP contribution in [0.5, 0.6) is 0 Å². The van der Waals surface area contributed by atoms with Crippen LogP contribution in [-0.2, 0) is 16.0 Å². The molecule has 0 N–H and O–H groups in total. The summed E-state index contributed by atoms with van der Waals surface area (Å²) < 4.78 is 10.5. The molecule has 0 aliphatic heterocycles. The van der Waals surface area contributed by atoms with Crippen LogP contribution in [0.25, 0.3) is 11.3 Å². The number of hydrogen-bond acceptors (Lipinski definition) is 4. The molecule has 0 spiro atoms. The molecule has 1 aliphatic rings. The first-order valence-electron chi connectivity index (χ1n) is 8.45. The lowest BCUT2D eigenvalue weighted by atomic mass is 9.99. The molecule has 1 fully saturated rings. The van der Waals surface area contributed by atoms with Crippen LogP contribution in [0, 0.1) is 5.92 Å². The van der Waals surface area contributed by atoms with E-state index in [2.05, 4.69) is 4.74 Å². The third kappa shape index (κ3) is 3.94. The zero-order valence-corrected chi connectivity index (χ0v) is 13.9. The molecule has 3 rings (SSSR count). The predicted octanol–water partition coefficient (Wildman–Crippen LogP) is 4.43. The van der Waals surface area contributed by atoms with Crippen LogP contribution in [-0.4, -0.2) is 18.9 Å². The van der Waals surface area contributed by atoms with Crippen LogP contribution < -0.4 is 0 Å². The lowest BCUT2D eigenvalue weighted by Gasteiger charge is -2.06. The van der Waals surface area contributed by atoms with Crippen molar-refractivity contribution in [2.45, 2.75) is 38.5 Å². The lowest BCUT2D eigenvalue weighted by Crippen LogP contribution is -2.07. The molecule has 0 atom stereocenters. The van der Waals surface area contributed by atoms with Crippen LogP contribution in [0.15, 0.2) is 40.8 Å². The molecule has 4 nitrogen and oxygen atoms in total. The Morgan fingerprint density at radius 1 is 1.08 bits per heavy atom. The smallest absolute Gasteiger partial charge is 0.337 e. The van der Waals surface area contributed by atoms with Crippen LogP contribution >= 0.6 is 0 Å². The van der Waals surface area contributed by atoms with Gasteiger partial charge in [0.2, 0.25) is 0 Å². The van der Waals surface area contributed by atoms with Gasteiger partial charge in [-0.05, 0) is 30.2 Å². The number of Topliss-reactive ketones (excluding diaryl/α,β-unsaturated/α-hetero) is 1. The molecule has 1 aromatic carbocycles. The van der Waals surface area contributed by atoms with Crippen molar-refractivity contribution < 1.29 is 18.7 Å². The number of ether oxygens (including phenoxy) is 1. The number of benzene rings is 1. The van der Waals surface area contributed by atoms with E-state index in [0.717, 1.165) is 5.56 Å². The van der Waals surface area contributed by atoms with Crippen molar-refractivity contribution in [3.05, 3.63) is 47.7 Å². The standard InChI is InChI=1S/C20H22O4/c1-23-20(22)16-8-6-15(7-9-16)19-11-10-18(24-19)13-17(21)12-14-4-2-3-5-14/h6-11,14H,2-5,12-13H2,1H3. The molecule has 0 bridgehead atoms. The summed E-state index contributed by atoms with van der Waals surface area (Å²) in [6.45, 7) is 0. The molecule has 4 heteroatoms. The van der Waals surface area contributed by atoms with Crippen molar-refractivity contribution in [1.29, 1.82) is 0 Å². The number of carbonyl (C=O) groups excluding carboxylic acids is 2. The molecule has 0 radical (unpaired) electrons. The van der Waals surface area contributed by atoms with Crippen molar-refractivity contribution in [3.8, 4) is 11.3 Å². The fraction of sp³-hybridized carbons (Fsp3) is 0.400. The van der Waals surface area contributed by atoms with E-state index < -0.39 is 0 Å². The van der Waals surface area contributed by atoms with E-state index in [9.17, 15) is 9.59 Å². The number of rotatable bonds is 6. The van der Waals surface area contributed by atoms with Crippen molar-refractivity contribution in [1.82, 2.24) is 0 Å². The monoisotopic (exact) mass is 326 g/mol. The summed E-state index contributed by atoms with van der Waals surface area (Å²) in [5, 5.41) is 0. The van der Waals surface area contributed by atoms with E-state index in [1.165, 1.54) is 32.8 Å². The number of furan rings is 1. The number of hydrogen-bond donors (Lipinski definition) is 0. The first-order valence-corrected chi connectivity index (χ1v) is 8.45. The lowest BCUT2D eigenvalue weighted by molar-refractivity contribution is -0.119. The molecule has 1 heterocycles. The molecule has 1 aliphatic carbocycles. The summed E-state index contributed by atoms with van der Waals surface area (Å²) in [6.07, 6.45) is 5.90. The average Bonchev–Trinajstić information content (AvgIpc) is 3.26. The maximum absolute atomic E-state index is 12.2. The highest BCUT2D eigenvalue weighted by Crippen LogP contribution is 2.28. The van der Waals surface area contributed by atoms with Crippen LogP contribution in [0.1, 0.15) is 48.2 Å². The van der Waals surface area contributed by atoms with Gasteiger partial charge in [-0.2, -0.15) is 0 Å². The van der Waals surface area contributed by atoms with Crippen LogP contribution in [0.3, 0.4) is 0 Å². The van der Waals surface area contributed by atoms with Crippen LogP contribution in [0.2, 0.25) is 0 Å². The first kappa shape index (κ1) is 16.5. The van der Waals surface area contributed by atoms with Crippen molar-refractivity contribution >= 4 is 11.8 Å². The van der Waals surface area contributed by atoms with Gasteiger partial charge in [-0.25, -0.2) is 4.79 Å². The second-order valence-corrected chi connectivity index (χ2v) is 6.40. The topological polar surface area (TPSA) is 56.5 Å². The number of esters is 1. The van der Waals surface area contributed by atoms with Gasteiger partial charge in [0.05, 0.1) is 19.1 Å². The molecular weight excluding hydrogens is 304 g/mol. The van der Waals surface area contributed by atoms with Gasteiger partial charge in [0, 0.05) is 12.0 Å². The third-order valence-electron chi connectivity index (χ3n) is 4.61. The average molecular weight is 326 g/mol. The Hall–Kier alpha value is -2.36. The SMILES string of the molecule is COC(=O)c1ccc(-c2ccc(CC(=O)CC3CCCC3)o2)cc1. The zero-order chi connectivity index (χ0) is 16.9. The molecule has 2 aromatic rings. The van der Waals surface area contributed by atoms with E-state index in [1.54, 1.807) is 12.1 Å². The Kier molecular flexibility index (Phi) is 5.14. The Morgan fingerprint density at radius 3 is 2.46 bits per heavy atom. The van der Waals surface area contributed by atoms with Gasteiger partial charge in [0.1, 0.15) is 17.3 Å². The molecule has 0 saturated heterocycles. The molecule has 0 amide bonds. The number of carbonyl (C=O) groups is 2. The van der Waals surface area contributed by atoms with Gasteiger partial charge in [0.15, 0.2) is 0 Å². The van der Waals surface area contributed by atoms with E-state index >= 15 is 0 Å². The Labute approximate surface area is 141 Å². The summed E-state index contributed by atoms with van der Waals surface area (Å²) >= 11 is 0. The third-order valence-corrected chi connectivity index (χ3v) is 4.61. The fourth-order valence-electron chi connectivity index (χ4n) is 3.32. The number of ketones is 1. The molecule has 1 aromatic heterocycles. The quantitative estimate of drug-likeness (QED) is 0.737. The summed E-state index contributed by atoms with van der Waals surface area (Å²) in [4.78, 5) is 23.6. The van der Waals surface area contributed by atoms with Crippen molar-refractivity contribution in [2.24, 2.45) is 5.92 Å². The van der Waals surface area contributed by atoms with Crippen molar-refractivity contribution in [2.75, 3.05) is 7.11 Å². The molecule has 1 saturated carbocycles. The Bertz CT molecular complexity index is 705. The highest BCUT2D eigenvalue weighted by atomic mass is 16.5. The number of methoxy groups -OCH3 is 1. The van der Waals surface area contributed by atoms with Gasteiger partial charge in [-0.15, -0.1) is 0 Å². The molecule has 126 valence electrons. The highest BCUT2D eigenvalue weighted by molar-refractivity contribution is 5.89. The fourth-order valence-corrected chi connectivity index (χ4v) is 3.32. The van der Waals surface area contributed by atoms with Gasteiger partial charge >= 0.3 is 5.97 Å². The summed E-state index contributed by atoms with van der Waals surface area (Å²) in [7, 11) is 1.36. The van der Waals surface area contributed by atoms with E-state index in [-0.39, 0.29) is 11.8 Å². The second kappa shape index (κ2) is 7.47. The normalized spacial score (nSPS) is 14.7. The molecule has 24 heavy (non-hydrogen) atoms. The first-order chi connectivity index (χ1) is 11.7. The van der Waals surface area contributed by atoms with Gasteiger partial charge in [0.25, 0.3) is 0 Å². The minimum atomic E-state index is -0.362. The highest BCUT2D eigenvalue weighted by Gasteiger charge is 2.19. The Morgan fingerprint density at radius 2 is 1.79 bits per heavy atom. The van der Waals surface area contributed by atoms with E-state index in [1.807, 2.05) is 24.3 Å². The summed E-state index contributed by atoms with van der Waals surface area (Å²) in [5.74, 6) is 1.86. The molecular formula is C20H22O4. The molecule has 0 unspecified atom stereocenters. The van der Waals surface area contributed by atoms with E-state index in [4.69, 9.17) is 4.42 Å². The zero-order valence-electron chi connectivity index (χ0n) is 13.9. The maximum Gasteiger partial charge on any atom is 0.337 e. The minimum Gasteiger partial charge on any atom is -0.465 e. The largest absolute Gasteiger partial charge is 0.465 e. The van der Waals surface area contributed by atoms with Gasteiger partial charge in [-0.1, -0.05) is 37.8 Å². The predicted molar refractivity (Wildman–Crippen MR) is 90.8 cm³/mol. The minimum absolute atomic E-state index is 0.254. The summed E-state index contributed by atoms with van der Waals surface area (Å²) in [6, 6.07) is 10.8. The van der Waals surface area contributed by atoms with Gasteiger partial charge < -0.3 is 9.15 Å².